The third-order valence-corrected chi connectivity index (χ3v) is 3.72. The quantitative estimate of drug-likeness (QED) is 0.855. The van der Waals surface area contributed by atoms with Crippen LogP contribution < -0.4 is 5.32 Å². The molecule has 0 aliphatic carbocycles. The summed E-state index contributed by atoms with van der Waals surface area (Å²) >= 11 is 0. The Morgan fingerprint density at radius 1 is 1.53 bits per heavy atom. The van der Waals surface area contributed by atoms with Crippen molar-refractivity contribution < 1.29 is 0 Å². The smallest absolute Gasteiger partial charge is 0.139 e. The summed E-state index contributed by atoms with van der Waals surface area (Å²) in [7, 11) is 2.08. The molecule has 1 unspecified atom stereocenters. The van der Waals surface area contributed by atoms with Crippen molar-refractivity contribution in [2.45, 2.75) is 19.3 Å². The summed E-state index contributed by atoms with van der Waals surface area (Å²) in [5.74, 6) is 0.787. The van der Waals surface area contributed by atoms with E-state index in [0.717, 1.165) is 18.1 Å². The van der Waals surface area contributed by atoms with Crippen molar-refractivity contribution in [2.24, 2.45) is 13.0 Å². The van der Waals surface area contributed by atoms with E-state index in [1.807, 2.05) is 12.3 Å². The average molecular weight is 229 g/mol. The van der Waals surface area contributed by atoms with Crippen LogP contribution >= 0.6 is 0 Å². The van der Waals surface area contributed by atoms with Gasteiger partial charge in [-0.1, -0.05) is 0 Å². The number of nitrogens with one attached hydrogen (secondary N) is 1. The van der Waals surface area contributed by atoms with Crippen LogP contribution in [0.5, 0.6) is 0 Å². The van der Waals surface area contributed by atoms with Crippen LogP contribution in [0.1, 0.15) is 18.4 Å². The fourth-order valence-electron chi connectivity index (χ4n) is 2.87. The topological polar surface area (TPSA) is 29.9 Å². The Balaban J connectivity index is 1.89. The predicted molar refractivity (Wildman–Crippen MR) is 70.0 cm³/mol. The minimum atomic E-state index is 0.787. The largest absolute Gasteiger partial charge is 0.335 e. The summed E-state index contributed by atoms with van der Waals surface area (Å²) in [5, 5.41) is 4.81. The second-order valence-corrected chi connectivity index (χ2v) is 5.06. The molecule has 0 amide bonds. The van der Waals surface area contributed by atoms with Gasteiger partial charge in [-0.3, -0.25) is 0 Å². The molecule has 1 aliphatic rings. The lowest BCUT2D eigenvalue weighted by Gasteiger charge is -2.22. The minimum absolute atomic E-state index is 0.787. The van der Waals surface area contributed by atoms with Gasteiger partial charge in [0.25, 0.3) is 0 Å². The van der Waals surface area contributed by atoms with Crippen molar-refractivity contribution in [1.29, 1.82) is 0 Å². The maximum absolute atomic E-state index is 4.44. The van der Waals surface area contributed by atoms with Gasteiger partial charge < -0.3 is 9.88 Å². The Morgan fingerprint density at radius 3 is 3.29 bits per heavy atom. The second kappa shape index (κ2) is 4.49. The van der Waals surface area contributed by atoms with Crippen molar-refractivity contribution in [3.8, 4) is 0 Å². The molecule has 1 aliphatic heterocycles. The molecule has 3 rings (SSSR count). The highest BCUT2D eigenvalue weighted by atomic mass is 15.0. The zero-order valence-electron chi connectivity index (χ0n) is 10.3. The first-order chi connectivity index (χ1) is 8.34. The number of aryl methyl sites for hydroxylation is 1. The van der Waals surface area contributed by atoms with Gasteiger partial charge in [-0.2, -0.15) is 0 Å². The van der Waals surface area contributed by atoms with Crippen LogP contribution in [-0.2, 0) is 13.5 Å². The van der Waals surface area contributed by atoms with E-state index in [9.17, 15) is 0 Å². The molecule has 0 bridgehead atoms. The zero-order chi connectivity index (χ0) is 11.7. The lowest BCUT2D eigenvalue weighted by Crippen LogP contribution is -2.30. The van der Waals surface area contributed by atoms with Gasteiger partial charge in [0.2, 0.25) is 0 Å². The number of aromatic nitrogens is 2. The van der Waals surface area contributed by atoms with Crippen LogP contribution in [0.3, 0.4) is 0 Å². The lowest BCUT2D eigenvalue weighted by molar-refractivity contribution is 0.376. The molecule has 1 fully saturated rings. The van der Waals surface area contributed by atoms with Gasteiger partial charge in [0, 0.05) is 24.8 Å². The highest BCUT2D eigenvalue weighted by Gasteiger charge is 2.16. The summed E-state index contributed by atoms with van der Waals surface area (Å²) < 4.78 is 2.14. The van der Waals surface area contributed by atoms with Gasteiger partial charge in [0.05, 0.1) is 0 Å². The Bertz CT molecular complexity index is 509. The van der Waals surface area contributed by atoms with E-state index < -0.39 is 0 Å². The summed E-state index contributed by atoms with van der Waals surface area (Å²) in [4.78, 5) is 4.44. The Morgan fingerprint density at radius 2 is 2.47 bits per heavy atom. The minimum Gasteiger partial charge on any atom is -0.335 e. The van der Waals surface area contributed by atoms with E-state index in [0.29, 0.717) is 0 Å². The Kier molecular flexibility index (Phi) is 2.85. The van der Waals surface area contributed by atoms with Crippen LogP contribution in [-0.4, -0.2) is 22.6 Å². The summed E-state index contributed by atoms with van der Waals surface area (Å²) in [6.07, 6.45) is 7.95. The molecular formula is C14H19N3. The fourth-order valence-corrected chi connectivity index (χ4v) is 2.87. The summed E-state index contributed by atoms with van der Waals surface area (Å²) in [6, 6.07) is 4.22. The third-order valence-electron chi connectivity index (χ3n) is 3.72. The molecule has 3 heteroatoms. The summed E-state index contributed by atoms with van der Waals surface area (Å²) in [6.45, 7) is 2.35. The number of fused-ring (bicyclic) bond motifs is 1. The SMILES string of the molecule is Cn1cc(CC2CCCNC2)c2cccnc21. The number of pyridine rings is 1. The Hall–Kier alpha value is -1.35. The average Bonchev–Trinajstić information content (AvgIpc) is 2.69. The number of nitrogens with zero attached hydrogens (tertiary/aromatic N) is 2. The highest BCUT2D eigenvalue weighted by Crippen LogP contribution is 2.23. The molecule has 2 aromatic heterocycles. The van der Waals surface area contributed by atoms with E-state index in [2.05, 4.69) is 34.2 Å². The molecule has 0 aromatic carbocycles. The maximum Gasteiger partial charge on any atom is 0.139 e. The van der Waals surface area contributed by atoms with Crippen LogP contribution in [0, 0.1) is 5.92 Å². The second-order valence-electron chi connectivity index (χ2n) is 5.06. The maximum atomic E-state index is 4.44. The van der Waals surface area contributed by atoms with Crippen molar-refractivity contribution in [1.82, 2.24) is 14.9 Å². The van der Waals surface area contributed by atoms with Gasteiger partial charge in [-0.25, -0.2) is 4.98 Å². The first-order valence-corrected chi connectivity index (χ1v) is 6.44. The van der Waals surface area contributed by atoms with Gasteiger partial charge in [-0.15, -0.1) is 0 Å². The fraction of sp³-hybridized carbons (Fsp3) is 0.500. The monoisotopic (exact) mass is 229 g/mol. The van der Waals surface area contributed by atoms with Crippen molar-refractivity contribution in [3.63, 3.8) is 0 Å². The predicted octanol–water partition coefficient (Wildman–Crippen LogP) is 2.12. The molecule has 0 saturated carbocycles. The van der Waals surface area contributed by atoms with Gasteiger partial charge in [-0.05, 0) is 56.0 Å². The van der Waals surface area contributed by atoms with E-state index >= 15 is 0 Å². The van der Waals surface area contributed by atoms with Gasteiger partial charge in [0.1, 0.15) is 5.65 Å². The standard InChI is InChI=1S/C14H19N3/c1-17-10-12(8-11-4-2-6-15-9-11)13-5-3-7-16-14(13)17/h3,5,7,10-11,15H,2,4,6,8-9H2,1H3. The van der Waals surface area contributed by atoms with Crippen LogP contribution in [0.15, 0.2) is 24.5 Å². The first-order valence-electron chi connectivity index (χ1n) is 6.44. The molecule has 17 heavy (non-hydrogen) atoms. The van der Waals surface area contributed by atoms with Crippen LogP contribution in [0.25, 0.3) is 11.0 Å². The molecule has 1 N–H and O–H groups in total. The van der Waals surface area contributed by atoms with Crippen molar-refractivity contribution in [2.75, 3.05) is 13.1 Å². The molecule has 0 radical (unpaired) electrons. The molecule has 1 saturated heterocycles. The molecular weight excluding hydrogens is 210 g/mol. The molecule has 90 valence electrons. The zero-order valence-corrected chi connectivity index (χ0v) is 10.3. The number of piperidine rings is 1. The Labute approximate surface area is 102 Å². The summed E-state index contributed by atoms with van der Waals surface area (Å²) in [5.41, 5.74) is 2.55. The van der Waals surface area contributed by atoms with Crippen molar-refractivity contribution in [3.05, 3.63) is 30.1 Å². The molecule has 0 spiro atoms. The van der Waals surface area contributed by atoms with E-state index in [4.69, 9.17) is 0 Å². The first kappa shape index (κ1) is 10.8. The molecule has 1 atom stereocenters. The van der Waals surface area contributed by atoms with E-state index in [1.54, 1.807) is 0 Å². The van der Waals surface area contributed by atoms with E-state index in [1.165, 1.54) is 36.8 Å². The van der Waals surface area contributed by atoms with Crippen LogP contribution in [0.2, 0.25) is 0 Å². The van der Waals surface area contributed by atoms with Crippen molar-refractivity contribution >= 4 is 11.0 Å². The highest BCUT2D eigenvalue weighted by molar-refractivity contribution is 5.80. The molecule has 2 aromatic rings. The van der Waals surface area contributed by atoms with E-state index in [-0.39, 0.29) is 0 Å². The molecule has 3 nitrogen and oxygen atoms in total. The van der Waals surface area contributed by atoms with Gasteiger partial charge >= 0.3 is 0 Å². The van der Waals surface area contributed by atoms with Gasteiger partial charge in [0.15, 0.2) is 0 Å². The normalized spacial score (nSPS) is 20.9. The third kappa shape index (κ3) is 2.07. The lowest BCUT2D eigenvalue weighted by atomic mass is 9.92. The number of hydrogen-bond donors (Lipinski definition) is 1. The number of hydrogen-bond acceptors (Lipinski definition) is 2. The molecule has 3 heterocycles. The number of rotatable bonds is 2. The van der Waals surface area contributed by atoms with Crippen LogP contribution in [0.4, 0.5) is 0 Å².